The molecule has 3 heterocycles. The van der Waals surface area contributed by atoms with Crippen LogP contribution in [0.5, 0.6) is 0 Å². The van der Waals surface area contributed by atoms with Crippen LogP contribution in [0.15, 0.2) is 47.1 Å². The normalized spacial score (nSPS) is 14.7. The van der Waals surface area contributed by atoms with Gasteiger partial charge in [-0.1, -0.05) is 12.0 Å². The van der Waals surface area contributed by atoms with E-state index in [1.807, 2.05) is 66.0 Å². The Labute approximate surface area is 177 Å². The van der Waals surface area contributed by atoms with Crippen molar-refractivity contribution in [2.75, 3.05) is 39.0 Å². The molecule has 1 aliphatic heterocycles. The minimum atomic E-state index is 0.200. The molecule has 0 atom stereocenters. The molecule has 156 valence electrons. The monoisotopic (exact) mass is 404 g/mol. The van der Waals surface area contributed by atoms with Crippen molar-refractivity contribution >= 4 is 22.6 Å². The molecule has 0 aliphatic carbocycles. The van der Waals surface area contributed by atoms with Gasteiger partial charge in [0.25, 0.3) is 0 Å². The number of nitrogens with one attached hydrogen (secondary N) is 1. The van der Waals surface area contributed by atoms with Crippen molar-refractivity contribution in [3.63, 3.8) is 0 Å². The number of carbonyl (C=O) groups is 1. The highest BCUT2D eigenvalue weighted by atomic mass is 16.3. The van der Waals surface area contributed by atoms with Crippen LogP contribution in [0.4, 0.5) is 5.69 Å². The molecule has 0 saturated carbocycles. The second kappa shape index (κ2) is 8.68. The highest BCUT2D eigenvalue weighted by Crippen LogP contribution is 2.34. The fourth-order valence-electron chi connectivity index (χ4n) is 4.02. The van der Waals surface area contributed by atoms with Crippen LogP contribution in [0.25, 0.3) is 16.7 Å². The van der Waals surface area contributed by atoms with Crippen LogP contribution >= 0.6 is 0 Å². The number of nitrogens with zero attached hydrogens (tertiary/aromatic N) is 3. The van der Waals surface area contributed by atoms with Gasteiger partial charge in [-0.15, -0.1) is 0 Å². The van der Waals surface area contributed by atoms with Crippen LogP contribution in [-0.4, -0.2) is 60.0 Å². The van der Waals surface area contributed by atoms with E-state index in [-0.39, 0.29) is 5.91 Å². The maximum atomic E-state index is 12.3. The summed E-state index contributed by atoms with van der Waals surface area (Å²) in [7, 11) is 3.85. The van der Waals surface area contributed by atoms with Gasteiger partial charge in [0.05, 0.1) is 12.2 Å². The lowest BCUT2D eigenvalue weighted by atomic mass is 10.0. The first kappa shape index (κ1) is 20.1. The van der Waals surface area contributed by atoms with E-state index in [2.05, 4.69) is 29.3 Å². The van der Waals surface area contributed by atoms with Crippen molar-refractivity contribution in [2.24, 2.45) is 0 Å². The van der Waals surface area contributed by atoms with E-state index in [9.17, 15) is 4.79 Å². The van der Waals surface area contributed by atoms with Crippen LogP contribution in [0.2, 0.25) is 0 Å². The van der Waals surface area contributed by atoms with E-state index >= 15 is 0 Å². The molecule has 1 aliphatic rings. The summed E-state index contributed by atoms with van der Waals surface area (Å²) in [4.78, 5) is 16.2. The lowest BCUT2D eigenvalue weighted by molar-refractivity contribution is -0.132. The van der Waals surface area contributed by atoms with Gasteiger partial charge in [0.2, 0.25) is 11.7 Å². The molecule has 0 unspecified atom stereocenters. The second-order valence-electron chi connectivity index (χ2n) is 7.96. The Morgan fingerprint density at radius 1 is 1.20 bits per heavy atom. The fourth-order valence-corrected chi connectivity index (χ4v) is 4.02. The number of aromatic nitrogens is 1. The highest BCUT2D eigenvalue weighted by molar-refractivity contribution is 5.97. The van der Waals surface area contributed by atoms with Crippen molar-refractivity contribution in [3.8, 4) is 17.5 Å². The van der Waals surface area contributed by atoms with E-state index in [1.165, 1.54) is 0 Å². The molecular formula is C24H28N4O2. The molecule has 4 rings (SSSR count). The topological polar surface area (TPSA) is 53.7 Å². The van der Waals surface area contributed by atoms with E-state index < -0.39 is 0 Å². The number of para-hydroxylation sites is 1. The molecule has 6 heteroatoms. The van der Waals surface area contributed by atoms with Gasteiger partial charge in [-0.3, -0.25) is 4.79 Å². The Morgan fingerprint density at radius 3 is 2.60 bits per heavy atom. The maximum Gasteiger partial charge on any atom is 0.236 e. The van der Waals surface area contributed by atoms with E-state index in [4.69, 9.17) is 4.42 Å². The SMILES string of the molecule is CC#Cc1oc2c(NC3CCN(C(=O)CN(C)C)CC3)cccc2c1-n1cccc1. The van der Waals surface area contributed by atoms with Crippen molar-refractivity contribution in [3.05, 3.63) is 48.5 Å². The zero-order valence-electron chi connectivity index (χ0n) is 17.8. The van der Waals surface area contributed by atoms with E-state index in [1.54, 1.807) is 0 Å². The molecular weight excluding hydrogens is 376 g/mol. The first-order chi connectivity index (χ1) is 14.6. The van der Waals surface area contributed by atoms with Gasteiger partial charge < -0.3 is 24.1 Å². The zero-order valence-corrected chi connectivity index (χ0v) is 17.8. The first-order valence-electron chi connectivity index (χ1n) is 10.4. The Bertz CT molecular complexity index is 1080. The summed E-state index contributed by atoms with van der Waals surface area (Å²) < 4.78 is 8.26. The molecule has 1 amide bonds. The second-order valence-corrected chi connectivity index (χ2v) is 7.96. The standard InChI is InChI=1S/C24H28N4O2/c1-4-8-21-23(28-13-5-6-14-28)19-9-7-10-20(24(19)30-21)25-18-11-15-27(16-12-18)22(29)17-26(2)3/h5-7,9-10,13-14,18,25H,11-12,15-17H2,1-3H3. The molecule has 6 nitrogen and oxygen atoms in total. The number of likely N-dealkylation sites (tertiary alicyclic amines) is 1. The predicted molar refractivity (Wildman–Crippen MR) is 120 cm³/mol. The average molecular weight is 405 g/mol. The van der Waals surface area contributed by atoms with Crippen molar-refractivity contribution < 1.29 is 9.21 Å². The first-order valence-corrected chi connectivity index (χ1v) is 10.4. The molecule has 30 heavy (non-hydrogen) atoms. The zero-order chi connectivity index (χ0) is 21.1. The van der Waals surface area contributed by atoms with Gasteiger partial charge in [-0.25, -0.2) is 0 Å². The van der Waals surface area contributed by atoms with Gasteiger partial charge in [-0.2, -0.15) is 0 Å². The highest BCUT2D eigenvalue weighted by Gasteiger charge is 2.24. The summed E-state index contributed by atoms with van der Waals surface area (Å²) >= 11 is 0. The third-order valence-electron chi connectivity index (χ3n) is 5.45. The quantitative estimate of drug-likeness (QED) is 0.661. The maximum absolute atomic E-state index is 12.3. The summed E-state index contributed by atoms with van der Waals surface area (Å²) in [5, 5.41) is 4.69. The van der Waals surface area contributed by atoms with Gasteiger partial charge in [0, 0.05) is 36.9 Å². The van der Waals surface area contributed by atoms with Crippen LogP contribution < -0.4 is 5.32 Å². The van der Waals surface area contributed by atoms with Crippen LogP contribution in [-0.2, 0) is 4.79 Å². The average Bonchev–Trinajstić information content (AvgIpc) is 3.36. The Balaban J connectivity index is 1.55. The van der Waals surface area contributed by atoms with E-state index in [0.717, 1.165) is 48.3 Å². The van der Waals surface area contributed by atoms with Gasteiger partial charge >= 0.3 is 0 Å². The van der Waals surface area contributed by atoms with Crippen LogP contribution in [0.1, 0.15) is 25.5 Å². The summed E-state index contributed by atoms with van der Waals surface area (Å²) in [6.07, 6.45) is 5.85. The number of furan rings is 1. The smallest absolute Gasteiger partial charge is 0.236 e. The van der Waals surface area contributed by atoms with Crippen molar-refractivity contribution in [1.29, 1.82) is 0 Å². The van der Waals surface area contributed by atoms with Gasteiger partial charge in [0.1, 0.15) is 5.69 Å². The summed E-state index contributed by atoms with van der Waals surface area (Å²) in [6, 6.07) is 10.5. The fraction of sp³-hybridized carbons (Fsp3) is 0.375. The lowest BCUT2D eigenvalue weighted by Gasteiger charge is -2.33. The predicted octanol–water partition coefficient (Wildman–Crippen LogP) is 3.56. The van der Waals surface area contributed by atoms with E-state index in [0.29, 0.717) is 18.3 Å². The molecule has 0 radical (unpaired) electrons. The number of carbonyl (C=O) groups excluding carboxylic acids is 1. The molecule has 1 N–H and O–H groups in total. The molecule has 0 bridgehead atoms. The summed E-state index contributed by atoms with van der Waals surface area (Å²) in [5.41, 5.74) is 2.77. The lowest BCUT2D eigenvalue weighted by Crippen LogP contribution is -2.45. The number of anilines is 1. The Morgan fingerprint density at radius 2 is 1.93 bits per heavy atom. The number of hydrogen-bond acceptors (Lipinski definition) is 4. The van der Waals surface area contributed by atoms with Gasteiger partial charge in [0.15, 0.2) is 5.58 Å². The largest absolute Gasteiger partial charge is 0.443 e. The minimum Gasteiger partial charge on any atom is -0.443 e. The third-order valence-corrected chi connectivity index (χ3v) is 5.45. The molecule has 2 aromatic heterocycles. The number of hydrogen-bond donors (Lipinski definition) is 1. The molecule has 0 spiro atoms. The number of piperidine rings is 1. The molecule has 3 aromatic rings. The van der Waals surface area contributed by atoms with Crippen molar-refractivity contribution in [2.45, 2.75) is 25.8 Å². The molecule has 1 aromatic carbocycles. The summed E-state index contributed by atoms with van der Waals surface area (Å²) in [5.74, 6) is 6.93. The van der Waals surface area contributed by atoms with Crippen LogP contribution in [0.3, 0.4) is 0 Å². The number of rotatable bonds is 5. The Kier molecular flexibility index (Phi) is 5.82. The number of amides is 1. The molecule has 1 saturated heterocycles. The third kappa shape index (κ3) is 4.07. The molecule has 1 fully saturated rings. The Hall–Kier alpha value is -3.17. The van der Waals surface area contributed by atoms with Crippen LogP contribution in [0, 0.1) is 11.8 Å². The number of likely N-dealkylation sites (N-methyl/N-ethyl adjacent to an activating group) is 1. The number of benzene rings is 1. The van der Waals surface area contributed by atoms with Crippen molar-refractivity contribution in [1.82, 2.24) is 14.4 Å². The number of fused-ring (bicyclic) bond motifs is 1. The van der Waals surface area contributed by atoms with Gasteiger partial charge in [-0.05, 0) is 64.0 Å². The summed E-state index contributed by atoms with van der Waals surface area (Å²) in [6.45, 7) is 3.84. The minimum absolute atomic E-state index is 0.200.